The highest BCUT2D eigenvalue weighted by atomic mass is 16.3. The molecule has 4 nitrogen and oxygen atoms in total. The Morgan fingerprint density at radius 2 is 1.02 bits per heavy atom. The van der Waals surface area contributed by atoms with Gasteiger partial charge in [-0.25, -0.2) is 15.0 Å². The Morgan fingerprint density at radius 3 is 1.75 bits per heavy atom. The molecule has 2 aliphatic rings. The molecule has 0 amide bonds. The molecular weight excluding hydrogens is 695 g/mol. The SMILES string of the molecule is CC12C=C(c3nc(-c4cccc(-c5ccccc5)c4)nc(-c4ccc5c(c4)oc4ccccc45)n3)C=CC1C(c1ccccc1)(c1ccccc1)c1ccccc12. The third kappa shape index (κ3) is 5.18. The maximum absolute atomic E-state index is 6.33. The van der Waals surface area contributed by atoms with E-state index in [-0.39, 0.29) is 11.3 Å². The average molecular weight is 732 g/mol. The molecule has 2 aliphatic carbocycles. The zero-order chi connectivity index (χ0) is 38.0. The van der Waals surface area contributed by atoms with Gasteiger partial charge in [-0.2, -0.15) is 0 Å². The first-order chi connectivity index (χ1) is 28.1. The van der Waals surface area contributed by atoms with E-state index < -0.39 is 5.41 Å². The summed E-state index contributed by atoms with van der Waals surface area (Å²) >= 11 is 0. The number of hydrogen-bond donors (Lipinski definition) is 0. The average Bonchev–Trinajstić information content (AvgIpc) is 3.77. The molecule has 7 aromatic carbocycles. The van der Waals surface area contributed by atoms with Crippen molar-refractivity contribution in [1.82, 2.24) is 15.0 Å². The molecule has 2 heterocycles. The zero-order valence-electron chi connectivity index (χ0n) is 31.4. The van der Waals surface area contributed by atoms with Crippen LogP contribution in [0.15, 0.2) is 205 Å². The maximum Gasteiger partial charge on any atom is 0.164 e. The summed E-state index contributed by atoms with van der Waals surface area (Å²) in [6.45, 7) is 2.38. The fourth-order valence-corrected chi connectivity index (χ4v) is 9.64. The third-order valence-electron chi connectivity index (χ3n) is 12.2. The molecule has 11 rings (SSSR count). The van der Waals surface area contributed by atoms with Crippen LogP contribution in [0.2, 0.25) is 0 Å². The van der Waals surface area contributed by atoms with E-state index in [1.807, 2.05) is 24.3 Å². The number of benzene rings is 7. The van der Waals surface area contributed by atoms with E-state index in [1.165, 1.54) is 22.3 Å². The van der Waals surface area contributed by atoms with Crippen LogP contribution in [0, 0.1) is 5.92 Å². The van der Waals surface area contributed by atoms with E-state index in [1.54, 1.807) is 0 Å². The summed E-state index contributed by atoms with van der Waals surface area (Å²) in [6, 6.07) is 64.3. The molecule has 9 aromatic rings. The van der Waals surface area contributed by atoms with Gasteiger partial charge in [-0.1, -0.05) is 183 Å². The second-order valence-corrected chi connectivity index (χ2v) is 15.4. The van der Waals surface area contributed by atoms with Crippen LogP contribution in [0.5, 0.6) is 0 Å². The van der Waals surface area contributed by atoms with Crippen LogP contribution in [0.3, 0.4) is 0 Å². The van der Waals surface area contributed by atoms with E-state index in [0.29, 0.717) is 17.5 Å². The van der Waals surface area contributed by atoms with Crippen molar-refractivity contribution in [3.05, 3.63) is 228 Å². The van der Waals surface area contributed by atoms with Crippen LogP contribution in [0.25, 0.3) is 61.4 Å². The summed E-state index contributed by atoms with van der Waals surface area (Å²) in [7, 11) is 0. The first kappa shape index (κ1) is 33.2. The van der Waals surface area contributed by atoms with Crippen LogP contribution < -0.4 is 0 Å². The molecule has 2 aromatic heterocycles. The standard InChI is InChI=1S/C53H37N3O/c1-52-34-39(29-31-48(52)53(40-20-7-3-8-21-40,41-22-9-4-10-23-41)45-26-13-12-25-44(45)52)51-55-49(37-19-15-18-36(32-37)35-16-5-2-6-17-35)54-50(56-51)38-28-30-43-42-24-11-14-27-46(42)57-47(43)33-38/h2-34,48H,1H3. The van der Waals surface area contributed by atoms with Crippen molar-refractivity contribution in [1.29, 1.82) is 0 Å². The summed E-state index contributed by atoms with van der Waals surface area (Å²) in [5.74, 6) is 1.94. The van der Waals surface area contributed by atoms with E-state index in [4.69, 9.17) is 19.4 Å². The summed E-state index contributed by atoms with van der Waals surface area (Å²) in [5, 5.41) is 2.16. The Kier molecular flexibility index (Phi) is 7.55. The Balaban J connectivity index is 1.10. The van der Waals surface area contributed by atoms with Crippen molar-refractivity contribution in [3.63, 3.8) is 0 Å². The number of rotatable bonds is 6. The van der Waals surface area contributed by atoms with Crippen LogP contribution in [0.1, 0.15) is 35.0 Å². The second-order valence-electron chi connectivity index (χ2n) is 15.4. The van der Waals surface area contributed by atoms with Crippen LogP contribution >= 0.6 is 0 Å². The van der Waals surface area contributed by atoms with Crippen molar-refractivity contribution in [3.8, 4) is 33.9 Å². The van der Waals surface area contributed by atoms with Crippen LogP contribution in [0.4, 0.5) is 0 Å². The van der Waals surface area contributed by atoms with Crippen molar-refractivity contribution in [2.45, 2.75) is 17.8 Å². The predicted molar refractivity (Wildman–Crippen MR) is 231 cm³/mol. The number of hydrogen-bond acceptors (Lipinski definition) is 4. The lowest BCUT2D eigenvalue weighted by atomic mass is 9.59. The van der Waals surface area contributed by atoms with E-state index in [9.17, 15) is 0 Å². The quantitative estimate of drug-likeness (QED) is 0.171. The van der Waals surface area contributed by atoms with Crippen molar-refractivity contribution < 1.29 is 4.42 Å². The van der Waals surface area contributed by atoms with Gasteiger partial charge in [0.2, 0.25) is 0 Å². The van der Waals surface area contributed by atoms with E-state index in [2.05, 4.69) is 183 Å². The monoisotopic (exact) mass is 731 g/mol. The van der Waals surface area contributed by atoms with Gasteiger partial charge in [0.15, 0.2) is 17.5 Å². The predicted octanol–water partition coefficient (Wildman–Crippen LogP) is 12.6. The Morgan fingerprint density at radius 1 is 0.456 bits per heavy atom. The number of fused-ring (bicyclic) bond motifs is 6. The van der Waals surface area contributed by atoms with E-state index in [0.717, 1.165) is 49.8 Å². The highest BCUT2D eigenvalue weighted by Crippen LogP contribution is 2.62. The molecule has 0 aliphatic heterocycles. The van der Waals surface area contributed by atoms with Crippen LogP contribution in [-0.2, 0) is 10.8 Å². The molecule has 4 heteroatoms. The number of furan rings is 1. The fraction of sp³-hybridized carbons (Fsp3) is 0.0755. The summed E-state index contributed by atoms with van der Waals surface area (Å²) < 4.78 is 6.33. The van der Waals surface area contributed by atoms with Gasteiger partial charge in [0.05, 0.1) is 5.41 Å². The van der Waals surface area contributed by atoms with Crippen molar-refractivity contribution >= 4 is 27.5 Å². The van der Waals surface area contributed by atoms with Gasteiger partial charge in [-0.15, -0.1) is 0 Å². The number of nitrogens with zero attached hydrogens (tertiary/aromatic N) is 3. The lowest BCUT2D eigenvalue weighted by molar-refractivity contribution is 0.367. The largest absolute Gasteiger partial charge is 0.456 e. The molecule has 0 radical (unpaired) electrons. The number of allylic oxidation sites excluding steroid dienone is 4. The van der Waals surface area contributed by atoms with E-state index >= 15 is 0 Å². The van der Waals surface area contributed by atoms with Crippen molar-refractivity contribution in [2.24, 2.45) is 5.92 Å². The Hall–Kier alpha value is -7.17. The van der Waals surface area contributed by atoms with Crippen LogP contribution in [-0.4, -0.2) is 15.0 Å². The van der Waals surface area contributed by atoms with Gasteiger partial charge in [-0.3, -0.25) is 0 Å². The number of para-hydroxylation sites is 1. The Labute approximate surface area is 331 Å². The molecule has 0 saturated carbocycles. The molecule has 0 spiro atoms. The highest BCUT2D eigenvalue weighted by molar-refractivity contribution is 6.05. The molecular formula is C53H37N3O. The molecule has 2 unspecified atom stereocenters. The summed E-state index contributed by atoms with van der Waals surface area (Å²) in [6.07, 6.45) is 7.06. The first-order valence-electron chi connectivity index (χ1n) is 19.6. The topological polar surface area (TPSA) is 51.8 Å². The minimum atomic E-state index is -0.401. The Bertz CT molecular complexity index is 3000. The molecule has 0 saturated heterocycles. The molecule has 0 N–H and O–H groups in total. The zero-order valence-corrected chi connectivity index (χ0v) is 31.4. The summed E-state index contributed by atoms with van der Waals surface area (Å²) in [4.78, 5) is 15.7. The van der Waals surface area contributed by atoms with Gasteiger partial charge < -0.3 is 4.42 Å². The molecule has 57 heavy (non-hydrogen) atoms. The fourth-order valence-electron chi connectivity index (χ4n) is 9.64. The normalized spacial score (nSPS) is 18.0. The first-order valence-corrected chi connectivity index (χ1v) is 19.6. The van der Waals surface area contributed by atoms with Gasteiger partial charge in [0.1, 0.15) is 11.2 Å². The molecule has 0 fully saturated rings. The second kappa shape index (κ2) is 13.0. The minimum absolute atomic E-state index is 0.0924. The molecule has 270 valence electrons. The van der Waals surface area contributed by atoms with Crippen molar-refractivity contribution in [2.75, 3.05) is 0 Å². The highest BCUT2D eigenvalue weighted by Gasteiger charge is 2.58. The van der Waals surface area contributed by atoms with Gasteiger partial charge >= 0.3 is 0 Å². The lowest BCUT2D eigenvalue weighted by Gasteiger charge is -2.42. The minimum Gasteiger partial charge on any atom is -0.456 e. The van der Waals surface area contributed by atoms with Gasteiger partial charge in [0.25, 0.3) is 0 Å². The maximum atomic E-state index is 6.33. The van der Waals surface area contributed by atoms with Gasteiger partial charge in [0, 0.05) is 38.8 Å². The third-order valence-corrected chi connectivity index (χ3v) is 12.2. The smallest absolute Gasteiger partial charge is 0.164 e. The lowest BCUT2D eigenvalue weighted by Crippen LogP contribution is -2.40. The summed E-state index contributed by atoms with van der Waals surface area (Å²) in [5.41, 5.74) is 11.1. The molecule has 2 atom stereocenters. The number of aromatic nitrogens is 3. The molecule has 0 bridgehead atoms. The van der Waals surface area contributed by atoms with Gasteiger partial charge in [-0.05, 0) is 57.6 Å².